The van der Waals surface area contributed by atoms with Gasteiger partial charge in [-0.25, -0.2) is 0 Å². The molecule has 0 saturated carbocycles. The fourth-order valence-electron chi connectivity index (χ4n) is 4.20. The van der Waals surface area contributed by atoms with Crippen LogP contribution in [0.1, 0.15) is 21.5 Å². The Morgan fingerprint density at radius 2 is 1.57 bits per heavy atom. The minimum absolute atomic E-state index is 0.130. The Kier molecular flexibility index (Phi) is 8.00. The molecule has 1 aliphatic rings. The summed E-state index contributed by atoms with van der Waals surface area (Å²) in [6.07, 6.45) is 0. The first kappa shape index (κ1) is 24.3. The number of piperazine rings is 1. The van der Waals surface area contributed by atoms with Gasteiger partial charge in [0, 0.05) is 32.7 Å². The van der Waals surface area contributed by atoms with Crippen LogP contribution >= 0.6 is 0 Å². The van der Waals surface area contributed by atoms with Gasteiger partial charge in [0.25, 0.3) is 5.91 Å². The number of hydrogen-bond donors (Lipinski definition) is 2. The molecule has 7 nitrogen and oxygen atoms in total. The minimum atomic E-state index is -0.216. The first-order chi connectivity index (χ1) is 17.0. The number of anilines is 2. The van der Waals surface area contributed by atoms with Crippen LogP contribution in [0.2, 0.25) is 0 Å². The van der Waals surface area contributed by atoms with Crippen LogP contribution in [-0.4, -0.2) is 56.5 Å². The van der Waals surface area contributed by atoms with Crippen LogP contribution in [0.15, 0.2) is 72.8 Å². The van der Waals surface area contributed by atoms with Crippen LogP contribution in [0.5, 0.6) is 5.75 Å². The van der Waals surface area contributed by atoms with Crippen molar-refractivity contribution in [2.24, 2.45) is 0 Å². The lowest BCUT2D eigenvalue weighted by atomic mass is 10.1. The van der Waals surface area contributed by atoms with Crippen molar-refractivity contribution in [3.8, 4) is 5.75 Å². The average Bonchev–Trinajstić information content (AvgIpc) is 2.89. The molecule has 0 aliphatic carbocycles. The summed E-state index contributed by atoms with van der Waals surface area (Å²) in [5, 5.41) is 5.87. The summed E-state index contributed by atoms with van der Waals surface area (Å²) in [6.45, 7) is 5.89. The Bertz CT molecular complexity index is 1150. The zero-order valence-corrected chi connectivity index (χ0v) is 20.3. The molecule has 0 unspecified atom stereocenters. The van der Waals surface area contributed by atoms with E-state index in [-0.39, 0.29) is 18.4 Å². The van der Waals surface area contributed by atoms with Crippen LogP contribution < -0.4 is 20.3 Å². The number of nitrogens with one attached hydrogen (secondary N) is 2. The van der Waals surface area contributed by atoms with Crippen LogP contribution in [0.25, 0.3) is 0 Å². The molecule has 0 bridgehead atoms. The summed E-state index contributed by atoms with van der Waals surface area (Å²) < 4.78 is 5.48. The van der Waals surface area contributed by atoms with Gasteiger partial charge >= 0.3 is 0 Å². The fraction of sp³-hybridized carbons (Fsp3) is 0.286. The molecule has 4 rings (SSSR count). The van der Waals surface area contributed by atoms with Gasteiger partial charge in [0.05, 0.1) is 30.6 Å². The van der Waals surface area contributed by atoms with Crippen LogP contribution in [0.3, 0.4) is 0 Å². The van der Waals surface area contributed by atoms with Gasteiger partial charge < -0.3 is 20.3 Å². The van der Waals surface area contributed by atoms with Crippen molar-refractivity contribution in [2.75, 3.05) is 50.1 Å². The van der Waals surface area contributed by atoms with Gasteiger partial charge in [0.2, 0.25) is 5.91 Å². The molecule has 2 amide bonds. The molecular weight excluding hydrogens is 440 g/mol. The second-order valence-electron chi connectivity index (χ2n) is 8.70. The predicted octanol–water partition coefficient (Wildman–Crippen LogP) is 3.69. The van der Waals surface area contributed by atoms with Gasteiger partial charge in [-0.1, -0.05) is 54.1 Å². The highest BCUT2D eigenvalue weighted by atomic mass is 16.5. The van der Waals surface area contributed by atoms with E-state index in [1.54, 1.807) is 25.3 Å². The molecule has 0 atom stereocenters. The highest BCUT2D eigenvalue weighted by Crippen LogP contribution is 2.28. The maximum atomic E-state index is 12.8. The van der Waals surface area contributed by atoms with E-state index in [0.717, 1.165) is 43.2 Å². The second-order valence-corrected chi connectivity index (χ2v) is 8.70. The molecule has 3 aromatic rings. The number of nitrogens with zero attached hydrogens (tertiary/aromatic N) is 2. The number of benzene rings is 3. The average molecular weight is 473 g/mol. The van der Waals surface area contributed by atoms with Crippen LogP contribution in [0, 0.1) is 6.92 Å². The van der Waals surface area contributed by atoms with E-state index in [2.05, 4.69) is 26.5 Å². The topological polar surface area (TPSA) is 73.9 Å². The quantitative estimate of drug-likeness (QED) is 0.523. The Labute approximate surface area is 206 Å². The van der Waals surface area contributed by atoms with Crippen molar-refractivity contribution >= 4 is 23.2 Å². The molecule has 0 spiro atoms. The van der Waals surface area contributed by atoms with Crippen LogP contribution in [-0.2, 0) is 11.3 Å². The lowest BCUT2D eigenvalue weighted by molar-refractivity contribution is -0.117. The molecule has 2 N–H and O–H groups in total. The zero-order chi connectivity index (χ0) is 24.6. The highest BCUT2D eigenvalue weighted by Gasteiger charge is 2.22. The normalized spacial score (nSPS) is 13.8. The standard InChI is InChI=1S/C28H32N4O3/c1-21-11-13-22(14-12-21)19-29-28(34)23-7-3-4-8-24(23)30-27(33)20-31-15-17-32(18-16-31)25-9-5-6-10-26(25)35-2/h3-14H,15-20H2,1-2H3,(H,29,34)(H,30,33). The van der Waals surface area contributed by atoms with Gasteiger partial charge in [-0.15, -0.1) is 0 Å². The summed E-state index contributed by atoms with van der Waals surface area (Å²) in [4.78, 5) is 30.0. The molecule has 0 radical (unpaired) electrons. The van der Waals surface area contributed by atoms with E-state index in [0.29, 0.717) is 17.8 Å². The third-order valence-corrected chi connectivity index (χ3v) is 6.18. The third kappa shape index (κ3) is 6.39. The SMILES string of the molecule is COc1ccccc1N1CCN(CC(=O)Nc2ccccc2C(=O)NCc2ccc(C)cc2)CC1. The summed E-state index contributed by atoms with van der Waals surface area (Å²) in [6, 6.07) is 23.1. The van der Waals surface area contributed by atoms with Crippen molar-refractivity contribution in [2.45, 2.75) is 13.5 Å². The van der Waals surface area contributed by atoms with Gasteiger partial charge in [0.1, 0.15) is 5.75 Å². The molecule has 182 valence electrons. The van der Waals surface area contributed by atoms with E-state index in [1.165, 1.54) is 5.56 Å². The fourth-order valence-corrected chi connectivity index (χ4v) is 4.20. The molecule has 1 aliphatic heterocycles. The smallest absolute Gasteiger partial charge is 0.253 e. The number of rotatable bonds is 8. The number of carbonyl (C=O) groups excluding carboxylic acids is 2. The number of amides is 2. The lowest BCUT2D eigenvalue weighted by Crippen LogP contribution is -2.48. The molecular formula is C28H32N4O3. The number of carbonyl (C=O) groups is 2. The monoisotopic (exact) mass is 472 g/mol. The van der Waals surface area contributed by atoms with E-state index in [4.69, 9.17) is 4.74 Å². The molecule has 7 heteroatoms. The first-order valence-corrected chi connectivity index (χ1v) is 11.9. The largest absolute Gasteiger partial charge is 0.495 e. The molecule has 1 saturated heterocycles. The van der Waals surface area contributed by atoms with E-state index in [1.807, 2.05) is 55.5 Å². The highest BCUT2D eigenvalue weighted by molar-refractivity contribution is 6.04. The predicted molar refractivity (Wildman–Crippen MR) is 139 cm³/mol. The number of methoxy groups -OCH3 is 1. The Morgan fingerprint density at radius 1 is 0.886 bits per heavy atom. The van der Waals surface area contributed by atoms with Gasteiger partial charge in [-0.3, -0.25) is 14.5 Å². The maximum absolute atomic E-state index is 12.8. The summed E-state index contributed by atoms with van der Waals surface area (Å²) in [5.41, 5.74) is 4.25. The number of aryl methyl sites for hydroxylation is 1. The third-order valence-electron chi connectivity index (χ3n) is 6.18. The number of hydrogen-bond acceptors (Lipinski definition) is 5. The number of para-hydroxylation sites is 3. The van der Waals surface area contributed by atoms with Crippen molar-refractivity contribution in [1.82, 2.24) is 10.2 Å². The summed E-state index contributed by atoms with van der Waals surface area (Å²) in [5.74, 6) is 0.511. The molecule has 3 aromatic carbocycles. The number of ether oxygens (including phenoxy) is 1. The zero-order valence-electron chi connectivity index (χ0n) is 20.3. The van der Waals surface area contributed by atoms with Crippen molar-refractivity contribution in [1.29, 1.82) is 0 Å². The van der Waals surface area contributed by atoms with E-state index in [9.17, 15) is 9.59 Å². The van der Waals surface area contributed by atoms with Crippen molar-refractivity contribution in [3.05, 3.63) is 89.5 Å². The van der Waals surface area contributed by atoms with Crippen molar-refractivity contribution in [3.63, 3.8) is 0 Å². The first-order valence-electron chi connectivity index (χ1n) is 11.9. The Morgan fingerprint density at radius 3 is 2.31 bits per heavy atom. The van der Waals surface area contributed by atoms with E-state index >= 15 is 0 Å². The van der Waals surface area contributed by atoms with Crippen LogP contribution in [0.4, 0.5) is 11.4 Å². The maximum Gasteiger partial charge on any atom is 0.253 e. The summed E-state index contributed by atoms with van der Waals surface area (Å²) >= 11 is 0. The van der Waals surface area contributed by atoms with Gasteiger partial charge in [0.15, 0.2) is 0 Å². The van der Waals surface area contributed by atoms with Gasteiger partial charge in [-0.2, -0.15) is 0 Å². The molecule has 0 aromatic heterocycles. The summed E-state index contributed by atoms with van der Waals surface area (Å²) in [7, 11) is 1.68. The minimum Gasteiger partial charge on any atom is -0.495 e. The Hall–Kier alpha value is -3.84. The molecule has 1 heterocycles. The molecule has 35 heavy (non-hydrogen) atoms. The lowest BCUT2D eigenvalue weighted by Gasteiger charge is -2.36. The second kappa shape index (κ2) is 11.5. The Balaban J connectivity index is 1.30. The van der Waals surface area contributed by atoms with E-state index < -0.39 is 0 Å². The molecule has 1 fully saturated rings. The van der Waals surface area contributed by atoms with Gasteiger partial charge in [-0.05, 0) is 36.8 Å². The van der Waals surface area contributed by atoms with Crippen molar-refractivity contribution < 1.29 is 14.3 Å².